The van der Waals surface area contributed by atoms with Gasteiger partial charge in [-0.1, -0.05) is 19.9 Å². The minimum atomic E-state index is 0.0518. The molecule has 0 fully saturated rings. The first-order valence-electron chi connectivity index (χ1n) is 4.31. The monoisotopic (exact) mass is 172 g/mol. The van der Waals surface area contributed by atoms with Gasteiger partial charge in [0.2, 0.25) is 0 Å². The van der Waals surface area contributed by atoms with Gasteiger partial charge in [-0.25, -0.2) is 0 Å². The fraction of sp³-hybridized carbons (Fsp3) is 0.667. The second-order valence-corrected chi connectivity index (χ2v) is 2.00. The molecule has 0 aromatic carbocycles. The summed E-state index contributed by atoms with van der Waals surface area (Å²) in [6.45, 7) is 6.11. The van der Waals surface area contributed by atoms with Crippen LogP contribution in [0.3, 0.4) is 0 Å². The van der Waals surface area contributed by atoms with E-state index in [0.29, 0.717) is 12.2 Å². The molecule has 3 N–H and O–H groups in total. The molecule has 0 atom stereocenters. The molecule has 0 saturated carbocycles. The molecule has 72 valence electrons. The number of likely N-dealkylation sites (N-methyl/N-ethyl adjacent to an activating group) is 1. The Morgan fingerprint density at radius 2 is 2.00 bits per heavy atom. The van der Waals surface area contributed by atoms with Gasteiger partial charge in [0.1, 0.15) is 0 Å². The van der Waals surface area contributed by atoms with E-state index in [9.17, 15) is 4.79 Å². The lowest BCUT2D eigenvalue weighted by atomic mass is 10.2. The lowest BCUT2D eigenvalue weighted by Gasteiger charge is -1.99. The number of ketones is 1. The molecule has 0 amide bonds. The molecule has 0 aromatic rings. The molecular formula is C9H20N2O. The third-order valence-corrected chi connectivity index (χ3v) is 1.16. The minimum Gasteiger partial charge on any atom is -0.386 e. The molecule has 0 radical (unpaired) electrons. The van der Waals surface area contributed by atoms with Gasteiger partial charge < -0.3 is 11.1 Å². The Bertz CT molecular complexity index is 141. The van der Waals surface area contributed by atoms with E-state index in [-0.39, 0.29) is 5.78 Å². The fourth-order valence-electron chi connectivity index (χ4n) is 0.649. The Labute approximate surface area is 75.0 Å². The normalized spacial score (nSPS) is 9.92. The first-order chi connectivity index (χ1) is 5.72. The van der Waals surface area contributed by atoms with Crippen LogP contribution in [0, 0.1) is 0 Å². The summed E-state index contributed by atoms with van der Waals surface area (Å²) in [4.78, 5) is 10.7. The van der Waals surface area contributed by atoms with Crippen molar-refractivity contribution in [1.82, 2.24) is 5.32 Å². The highest BCUT2D eigenvalue weighted by Crippen LogP contribution is 1.91. The average molecular weight is 172 g/mol. The van der Waals surface area contributed by atoms with Crippen molar-refractivity contribution >= 4 is 5.78 Å². The molecule has 3 heteroatoms. The molecule has 12 heavy (non-hydrogen) atoms. The third kappa shape index (κ3) is 7.28. The first kappa shape index (κ1) is 13.7. The van der Waals surface area contributed by atoms with E-state index < -0.39 is 0 Å². The van der Waals surface area contributed by atoms with Crippen LogP contribution in [0.4, 0.5) is 0 Å². The van der Waals surface area contributed by atoms with Gasteiger partial charge >= 0.3 is 0 Å². The zero-order chi connectivity index (χ0) is 9.98. The van der Waals surface area contributed by atoms with Gasteiger partial charge in [-0.3, -0.25) is 4.79 Å². The highest BCUT2D eigenvalue weighted by Gasteiger charge is 1.97. The van der Waals surface area contributed by atoms with Crippen LogP contribution in [0.1, 0.15) is 27.2 Å². The Morgan fingerprint density at radius 1 is 1.50 bits per heavy atom. The molecule has 0 aromatic heterocycles. The topological polar surface area (TPSA) is 55.1 Å². The Balaban J connectivity index is 0. The molecule has 0 rings (SSSR count). The molecule has 0 spiro atoms. The van der Waals surface area contributed by atoms with Crippen molar-refractivity contribution in [3.05, 3.63) is 11.8 Å². The van der Waals surface area contributed by atoms with Crippen molar-refractivity contribution in [2.75, 3.05) is 13.6 Å². The molecule has 0 heterocycles. The number of rotatable bonds is 4. The van der Waals surface area contributed by atoms with Crippen LogP contribution in [-0.4, -0.2) is 19.4 Å². The second-order valence-electron chi connectivity index (χ2n) is 2.00. The number of carbonyl (C=O) groups is 1. The lowest BCUT2D eigenvalue weighted by molar-refractivity contribution is -0.113. The Kier molecular flexibility index (Phi) is 11.6. The van der Waals surface area contributed by atoms with Gasteiger partial charge in [0.05, 0.1) is 5.70 Å². The van der Waals surface area contributed by atoms with E-state index in [0.717, 1.165) is 6.42 Å². The maximum Gasteiger partial charge on any atom is 0.175 e. The van der Waals surface area contributed by atoms with Crippen LogP contribution in [-0.2, 0) is 4.79 Å². The predicted molar refractivity (Wildman–Crippen MR) is 52.8 cm³/mol. The number of nitrogens with two attached hydrogens (primary N) is 1. The van der Waals surface area contributed by atoms with E-state index in [1.165, 1.54) is 6.92 Å². The number of hydrogen-bond donors (Lipinski definition) is 2. The van der Waals surface area contributed by atoms with Gasteiger partial charge in [0.15, 0.2) is 5.78 Å². The largest absolute Gasteiger partial charge is 0.386 e. The van der Waals surface area contributed by atoms with Crippen LogP contribution in [0.5, 0.6) is 0 Å². The summed E-state index contributed by atoms with van der Waals surface area (Å²) in [5, 5.41) is 2.79. The summed E-state index contributed by atoms with van der Waals surface area (Å²) < 4.78 is 0. The molecule has 0 unspecified atom stereocenters. The standard InChI is InChI=1S/C7H14N2O.C2H6/c1-6(10)7(9-2)4-3-5-8;1-2/h4,9H,3,5,8H2,1-2H3;1-2H3/b7-4-;. The fourth-order valence-corrected chi connectivity index (χ4v) is 0.649. The van der Waals surface area contributed by atoms with Crippen molar-refractivity contribution in [3.63, 3.8) is 0 Å². The zero-order valence-electron chi connectivity index (χ0n) is 8.48. The highest BCUT2D eigenvalue weighted by molar-refractivity contribution is 5.92. The predicted octanol–water partition coefficient (Wildman–Crippen LogP) is 1.05. The number of Topliss-reactive ketones (excluding diaryl/α,β-unsaturated/α-hetero) is 1. The molecule has 0 aliphatic heterocycles. The van der Waals surface area contributed by atoms with Gasteiger partial charge in [0, 0.05) is 14.0 Å². The van der Waals surface area contributed by atoms with Crippen LogP contribution < -0.4 is 11.1 Å². The minimum absolute atomic E-state index is 0.0518. The maximum absolute atomic E-state index is 10.7. The summed E-state index contributed by atoms with van der Waals surface area (Å²) >= 11 is 0. The van der Waals surface area contributed by atoms with E-state index in [4.69, 9.17) is 5.73 Å². The summed E-state index contributed by atoms with van der Waals surface area (Å²) in [6.07, 6.45) is 2.55. The van der Waals surface area contributed by atoms with Gasteiger partial charge in [0.25, 0.3) is 0 Å². The van der Waals surface area contributed by atoms with Crippen LogP contribution >= 0.6 is 0 Å². The second kappa shape index (κ2) is 10.2. The Morgan fingerprint density at radius 3 is 2.25 bits per heavy atom. The van der Waals surface area contributed by atoms with E-state index in [1.54, 1.807) is 7.05 Å². The first-order valence-corrected chi connectivity index (χ1v) is 4.31. The van der Waals surface area contributed by atoms with Crippen LogP contribution in [0.25, 0.3) is 0 Å². The van der Waals surface area contributed by atoms with E-state index >= 15 is 0 Å². The molecule has 0 bridgehead atoms. The van der Waals surface area contributed by atoms with Crippen molar-refractivity contribution in [2.24, 2.45) is 5.73 Å². The maximum atomic E-state index is 10.7. The third-order valence-electron chi connectivity index (χ3n) is 1.16. The molecule has 0 aliphatic carbocycles. The SMILES string of the molecule is CC.CN/C(=C\CCN)C(C)=O. The molecular weight excluding hydrogens is 152 g/mol. The van der Waals surface area contributed by atoms with E-state index in [1.807, 2.05) is 19.9 Å². The van der Waals surface area contributed by atoms with Gasteiger partial charge in [-0.2, -0.15) is 0 Å². The average Bonchev–Trinajstić information content (AvgIpc) is 2.09. The summed E-state index contributed by atoms with van der Waals surface area (Å²) in [6, 6.07) is 0. The van der Waals surface area contributed by atoms with E-state index in [2.05, 4.69) is 5.32 Å². The number of nitrogens with one attached hydrogen (secondary N) is 1. The highest BCUT2D eigenvalue weighted by atomic mass is 16.1. The summed E-state index contributed by atoms with van der Waals surface area (Å²) in [5.74, 6) is 0.0518. The van der Waals surface area contributed by atoms with Crippen LogP contribution in [0.15, 0.2) is 11.8 Å². The number of hydrogen-bond acceptors (Lipinski definition) is 3. The van der Waals surface area contributed by atoms with Gasteiger partial charge in [-0.05, 0) is 13.0 Å². The summed E-state index contributed by atoms with van der Waals surface area (Å²) in [7, 11) is 1.73. The number of carbonyl (C=O) groups excluding carboxylic acids is 1. The van der Waals surface area contributed by atoms with Gasteiger partial charge in [-0.15, -0.1) is 0 Å². The number of allylic oxidation sites excluding steroid dienone is 1. The van der Waals surface area contributed by atoms with Crippen molar-refractivity contribution in [2.45, 2.75) is 27.2 Å². The smallest absolute Gasteiger partial charge is 0.175 e. The molecule has 0 aliphatic rings. The lowest BCUT2D eigenvalue weighted by Crippen LogP contribution is -2.13. The summed E-state index contributed by atoms with van der Waals surface area (Å²) in [5.41, 5.74) is 5.89. The van der Waals surface area contributed by atoms with Crippen molar-refractivity contribution < 1.29 is 4.79 Å². The van der Waals surface area contributed by atoms with Crippen molar-refractivity contribution in [3.8, 4) is 0 Å². The zero-order valence-corrected chi connectivity index (χ0v) is 8.48. The van der Waals surface area contributed by atoms with Crippen molar-refractivity contribution in [1.29, 1.82) is 0 Å². The molecule has 0 saturated heterocycles. The Hall–Kier alpha value is -0.830. The quantitative estimate of drug-likeness (QED) is 0.623. The molecule has 3 nitrogen and oxygen atoms in total. The van der Waals surface area contributed by atoms with Crippen LogP contribution in [0.2, 0.25) is 0 Å².